The maximum atomic E-state index is 13.2. The summed E-state index contributed by atoms with van der Waals surface area (Å²) in [6.07, 6.45) is -2.02. The zero-order valence-corrected chi connectivity index (χ0v) is 15.1. The molecule has 2 aromatic heterocycles. The Morgan fingerprint density at radius 3 is 2.54 bits per heavy atom. The van der Waals surface area contributed by atoms with Crippen LogP contribution in [0.1, 0.15) is 23.9 Å². The van der Waals surface area contributed by atoms with Crippen molar-refractivity contribution >= 4 is 21.9 Å². The average Bonchev–Trinajstić information content (AvgIpc) is 3.06. The maximum absolute atomic E-state index is 13.2. The third kappa shape index (κ3) is 3.20. The maximum Gasteiger partial charge on any atom is 0.417 e. The van der Waals surface area contributed by atoms with E-state index < -0.39 is 11.7 Å². The average molecular weight is 379 g/mol. The van der Waals surface area contributed by atoms with Crippen molar-refractivity contribution in [1.29, 1.82) is 0 Å². The van der Waals surface area contributed by atoms with E-state index in [1.54, 1.807) is 12.3 Å². The first-order chi connectivity index (χ1) is 13.5. The Morgan fingerprint density at radius 2 is 1.75 bits per heavy atom. The fourth-order valence-electron chi connectivity index (χ4n) is 3.30. The molecule has 0 unspecified atom stereocenters. The van der Waals surface area contributed by atoms with E-state index in [0.29, 0.717) is 6.42 Å². The van der Waals surface area contributed by atoms with Gasteiger partial charge in [-0.3, -0.25) is 4.98 Å². The number of para-hydroxylation sites is 1. The number of halogens is 3. The number of alkyl halides is 3. The van der Waals surface area contributed by atoms with Crippen LogP contribution in [0.2, 0.25) is 0 Å². The summed E-state index contributed by atoms with van der Waals surface area (Å²) < 4.78 is 41.4. The van der Waals surface area contributed by atoms with Crippen molar-refractivity contribution in [2.45, 2.75) is 26.1 Å². The summed E-state index contributed by atoms with van der Waals surface area (Å²) in [4.78, 5) is 9.04. The van der Waals surface area contributed by atoms with Crippen LogP contribution < -0.4 is 0 Å². The molecular weight excluding hydrogens is 363 g/mol. The number of fused-ring (bicyclic) bond motifs is 3. The number of hydrogen-bond donors (Lipinski definition) is 0. The lowest BCUT2D eigenvalue weighted by Gasteiger charge is -2.08. The Labute approximate surface area is 159 Å². The third-order valence-corrected chi connectivity index (χ3v) is 4.57. The highest BCUT2D eigenvalue weighted by molar-refractivity contribution is 6.02. The van der Waals surface area contributed by atoms with Crippen molar-refractivity contribution in [3.8, 4) is 11.8 Å². The first-order valence-electron chi connectivity index (χ1n) is 8.87. The van der Waals surface area contributed by atoms with E-state index in [0.717, 1.165) is 33.8 Å². The molecule has 0 radical (unpaired) electrons. The van der Waals surface area contributed by atoms with Crippen molar-refractivity contribution in [2.24, 2.45) is 0 Å². The van der Waals surface area contributed by atoms with Crippen LogP contribution in [0.5, 0.6) is 0 Å². The summed E-state index contributed by atoms with van der Waals surface area (Å²) >= 11 is 0. The molecule has 0 saturated carbocycles. The zero-order valence-electron chi connectivity index (χ0n) is 15.1. The molecule has 6 heteroatoms. The van der Waals surface area contributed by atoms with E-state index in [9.17, 15) is 13.2 Å². The van der Waals surface area contributed by atoms with Gasteiger partial charge in [0.1, 0.15) is 11.3 Å². The second-order valence-electron chi connectivity index (χ2n) is 6.32. The molecule has 0 N–H and O–H groups in total. The van der Waals surface area contributed by atoms with Crippen LogP contribution in [0.15, 0.2) is 54.7 Å². The predicted octanol–water partition coefficient (Wildman–Crippen LogP) is 5.22. The minimum Gasteiger partial charge on any atom is -0.316 e. The van der Waals surface area contributed by atoms with E-state index >= 15 is 0 Å². The molecule has 0 aliphatic carbocycles. The van der Waals surface area contributed by atoms with Crippen LogP contribution in [0, 0.1) is 11.8 Å². The van der Waals surface area contributed by atoms with E-state index in [1.807, 2.05) is 35.8 Å². The number of rotatable bonds is 2. The second kappa shape index (κ2) is 7.01. The number of nitrogens with zero attached hydrogens (tertiary/aromatic N) is 3. The summed E-state index contributed by atoms with van der Waals surface area (Å²) in [6, 6.07) is 13.1. The molecule has 0 aliphatic heterocycles. The molecule has 140 valence electrons. The van der Waals surface area contributed by atoms with Crippen LogP contribution in [0.3, 0.4) is 0 Å². The number of imidazole rings is 1. The minimum absolute atomic E-state index is 0.0241. The van der Waals surface area contributed by atoms with Crippen molar-refractivity contribution in [3.63, 3.8) is 0 Å². The summed E-state index contributed by atoms with van der Waals surface area (Å²) in [5.41, 5.74) is 1.76. The number of pyridine rings is 1. The Bertz CT molecular complexity index is 1230. The van der Waals surface area contributed by atoms with Crippen LogP contribution in [-0.2, 0) is 19.1 Å². The largest absolute Gasteiger partial charge is 0.417 e. The number of benzene rings is 2. The molecule has 0 saturated heterocycles. The first-order valence-corrected chi connectivity index (χ1v) is 8.87. The van der Waals surface area contributed by atoms with Gasteiger partial charge in [-0.2, -0.15) is 13.2 Å². The highest BCUT2D eigenvalue weighted by atomic mass is 19.4. The standard InChI is InChI=1S/C22H16F3N3/c1-2-20-27-19-14-26-18-12-6-4-10-16(18)21(19)28(20)13-7-9-15-8-3-5-11-17(15)22(23,24)25/h3-6,8,10-12,14H,2,13H2,1H3. The van der Waals surface area contributed by atoms with Gasteiger partial charge < -0.3 is 4.57 Å². The molecule has 0 amide bonds. The molecule has 2 heterocycles. The van der Waals surface area contributed by atoms with Gasteiger partial charge in [0.25, 0.3) is 0 Å². The van der Waals surface area contributed by atoms with Gasteiger partial charge in [0, 0.05) is 17.4 Å². The van der Waals surface area contributed by atoms with Gasteiger partial charge in [0.2, 0.25) is 0 Å². The fraction of sp³-hybridized carbons (Fsp3) is 0.182. The SMILES string of the molecule is CCc1nc2cnc3ccccc3c2n1CC#Cc1ccccc1C(F)(F)F. The molecule has 0 bridgehead atoms. The summed E-state index contributed by atoms with van der Waals surface area (Å²) in [5.74, 6) is 6.41. The molecule has 4 rings (SSSR count). The van der Waals surface area contributed by atoms with Crippen molar-refractivity contribution < 1.29 is 13.2 Å². The van der Waals surface area contributed by atoms with E-state index in [2.05, 4.69) is 21.8 Å². The molecule has 0 spiro atoms. The predicted molar refractivity (Wildman–Crippen MR) is 103 cm³/mol. The summed E-state index contributed by atoms with van der Waals surface area (Å²) in [6.45, 7) is 2.24. The fourth-order valence-corrected chi connectivity index (χ4v) is 3.30. The van der Waals surface area contributed by atoms with Crippen LogP contribution >= 0.6 is 0 Å². The van der Waals surface area contributed by atoms with E-state index in [4.69, 9.17) is 0 Å². The molecule has 0 fully saturated rings. The van der Waals surface area contributed by atoms with Gasteiger partial charge in [-0.25, -0.2) is 4.98 Å². The van der Waals surface area contributed by atoms with Gasteiger partial charge >= 0.3 is 6.18 Å². The number of hydrogen-bond acceptors (Lipinski definition) is 2. The molecule has 4 aromatic rings. The molecule has 0 atom stereocenters. The zero-order chi connectivity index (χ0) is 19.7. The van der Waals surface area contributed by atoms with Gasteiger partial charge in [-0.1, -0.05) is 49.1 Å². The molecule has 0 aliphatic rings. The van der Waals surface area contributed by atoms with E-state index in [-0.39, 0.29) is 12.1 Å². The van der Waals surface area contributed by atoms with Gasteiger partial charge in [0.05, 0.1) is 29.3 Å². The first kappa shape index (κ1) is 18.1. The highest BCUT2D eigenvalue weighted by Crippen LogP contribution is 2.31. The van der Waals surface area contributed by atoms with Crippen LogP contribution in [0.4, 0.5) is 13.2 Å². The van der Waals surface area contributed by atoms with Crippen molar-refractivity contribution in [1.82, 2.24) is 14.5 Å². The second-order valence-corrected chi connectivity index (χ2v) is 6.32. The monoisotopic (exact) mass is 379 g/mol. The lowest BCUT2D eigenvalue weighted by molar-refractivity contribution is -0.137. The molecule has 2 aromatic carbocycles. The van der Waals surface area contributed by atoms with Gasteiger partial charge in [0.15, 0.2) is 0 Å². The van der Waals surface area contributed by atoms with Gasteiger partial charge in [-0.15, -0.1) is 0 Å². The van der Waals surface area contributed by atoms with Gasteiger partial charge in [-0.05, 0) is 18.2 Å². The van der Waals surface area contributed by atoms with Crippen LogP contribution in [-0.4, -0.2) is 14.5 Å². The Balaban J connectivity index is 1.80. The third-order valence-electron chi connectivity index (χ3n) is 4.57. The molecule has 3 nitrogen and oxygen atoms in total. The molecular formula is C22H16F3N3. The Hall–Kier alpha value is -3.33. The van der Waals surface area contributed by atoms with Crippen LogP contribution in [0.25, 0.3) is 21.9 Å². The van der Waals surface area contributed by atoms with E-state index in [1.165, 1.54) is 12.1 Å². The normalized spacial score (nSPS) is 11.6. The minimum atomic E-state index is -4.43. The number of aryl methyl sites for hydroxylation is 1. The lowest BCUT2D eigenvalue weighted by atomic mass is 10.1. The Kier molecular flexibility index (Phi) is 4.52. The van der Waals surface area contributed by atoms with Crippen molar-refractivity contribution in [3.05, 3.63) is 71.7 Å². The lowest BCUT2D eigenvalue weighted by Crippen LogP contribution is -2.07. The smallest absolute Gasteiger partial charge is 0.316 e. The topological polar surface area (TPSA) is 30.7 Å². The van der Waals surface area contributed by atoms with Crippen molar-refractivity contribution in [2.75, 3.05) is 0 Å². The highest BCUT2D eigenvalue weighted by Gasteiger charge is 2.32. The summed E-state index contributed by atoms with van der Waals surface area (Å²) in [5, 5.41) is 0.949. The molecule has 28 heavy (non-hydrogen) atoms. The quantitative estimate of drug-likeness (QED) is 0.447. The number of aromatic nitrogens is 3. The summed E-state index contributed by atoms with van der Waals surface area (Å²) in [7, 11) is 0. The Morgan fingerprint density at radius 1 is 1.00 bits per heavy atom.